The third-order valence-corrected chi connectivity index (χ3v) is 3.48. The van der Waals surface area contributed by atoms with Crippen molar-refractivity contribution in [1.82, 2.24) is 14.9 Å². The minimum Gasteiger partial charge on any atom is -0.394 e. The number of aliphatic hydroxyl groups is 2. The summed E-state index contributed by atoms with van der Waals surface area (Å²) in [6, 6.07) is 0. The first-order valence-corrected chi connectivity index (χ1v) is 7.27. The maximum absolute atomic E-state index is 12.0. The van der Waals surface area contributed by atoms with Crippen molar-refractivity contribution in [3.05, 3.63) is 32.6 Å². The summed E-state index contributed by atoms with van der Waals surface area (Å²) < 4.78 is 42.3. The fourth-order valence-electron chi connectivity index (χ4n) is 2.20. The molecule has 142 valence electrons. The van der Waals surface area contributed by atoms with Crippen LogP contribution in [0.5, 0.6) is 0 Å². The van der Waals surface area contributed by atoms with E-state index in [1.807, 2.05) is 4.98 Å². The third kappa shape index (κ3) is 4.51. The molecule has 9 nitrogen and oxygen atoms in total. The summed E-state index contributed by atoms with van der Waals surface area (Å²) in [6.07, 6.45) is -6.92. The second-order valence-electron chi connectivity index (χ2n) is 5.31. The molecule has 0 radical (unpaired) electrons. The Bertz CT molecular complexity index is 850. The Labute approximate surface area is 143 Å². The third-order valence-electron chi connectivity index (χ3n) is 3.48. The zero-order valence-electron chi connectivity index (χ0n) is 13.0. The van der Waals surface area contributed by atoms with Gasteiger partial charge in [-0.05, 0) is 0 Å². The molecule has 1 aliphatic heterocycles. The second-order valence-corrected chi connectivity index (χ2v) is 5.31. The van der Waals surface area contributed by atoms with E-state index >= 15 is 0 Å². The number of aromatic amines is 1. The van der Waals surface area contributed by atoms with Gasteiger partial charge in [0.05, 0.1) is 19.3 Å². The Kier molecular flexibility index (Phi) is 5.86. The Morgan fingerprint density at radius 2 is 2.15 bits per heavy atom. The summed E-state index contributed by atoms with van der Waals surface area (Å²) in [6.45, 7) is -1.14. The first-order valence-electron chi connectivity index (χ1n) is 7.27. The molecule has 2 rings (SSSR count). The summed E-state index contributed by atoms with van der Waals surface area (Å²) in [5, 5.41) is 20.3. The first kappa shape index (κ1) is 19.7. The Balaban J connectivity index is 2.17. The molecule has 3 atom stereocenters. The lowest BCUT2D eigenvalue weighted by Gasteiger charge is -2.14. The van der Waals surface area contributed by atoms with Gasteiger partial charge in [0.2, 0.25) is 0 Å². The van der Waals surface area contributed by atoms with Crippen LogP contribution in [-0.4, -0.2) is 57.2 Å². The van der Waals surface area contributed by atoms with Crippen molar-refractivity contribution >= 4 is 5.91 Å². The van der Waals surface area contributed by atoms with Gasteiger partial charge in [0.15, 0.2) is 0 Å². The van der Waals surface area contributed by atoms with Crippen LogP contribution in [0.15, 0.2) is 15.8 Å². The van der Waals surface area contributed by atoms with Gasteiger partial charge >= 0.3 is 17.8 Å². The lowest BCUT2D eigenvalue weighted by Crippen LogP contribution is -2.37. The molecule has 26 heavy (non-hydrogen) atoms. The minimum absolute atomic E-state index is 0.0221. The predicted molar refractivity (Wildman–Crippen MR) is 78.9 cm³/mol. The summed E-state index contributed by atoms with van der Waals surface area (Å²) in [5.74, 6) is 2.24. The Morgan fingerprint density at radius 3 is 2.73 bits per heavy atom. The second kappa shape index (κ2) is 7.73. The lowest BCUT2D eigenvalue weighted by molar-refractivity contribution is -0.173. The standard InChI is InChI=1S/C14H14F3N3O6/c15-14(16,17)12(24)18-3-1-2-7-5-20(13(25)19-11(7)23)10-4-8(22)9(6-21)26-10/h5,8-10,21-22H,3-4,6H2,(H,18,24)(H,19,23,25)/t8?,9-,10-/m1/s1. The molecule has 0 aliphatic carbocycles. The molecule has 0 saturated carbocycles. The van der Waals surface area contributed by atoms with Crippen molar-refractivity contribution in [1.29, 1.82) is 0 Å². The van der Waals surface area contributed by atoms with E-state index in [9.17, 15) is 32.7 Å². The molecule has 1 unspecified atom stereocenters. The van der Waals surface area contributed by atoms with Crippen molar-refractivity contribution < 1.29 is 32.9 Å². The number of rotatable bonds is 3. The molecule has 0 spiro atoms. The van der Waals surface area contributed by atoms with Crippen molar-refractivity contribution in [3.8, 4) is 11.8 Å². The van der Waals surface area contributed by atoms with Crippen LogP contribution in [-0.2, 0) is 9.53 Å². The summed E-state index contributed by atoms with van der Waals surface area (Å²) in [5.41, 5.74) is -1.98. The van der Waals surface area contributed by atoms with E-state index in [0.717, 1.165) is 10.8 Å². The van der Waals surface area contributed by atoms with Crippen LogP contribution in [0.2, 0.25) is 0 Å². The van der Waals surface area contributed by atoms with Gasteiger partial charge in [-0.2, -0.15) is 13.2 Å². The molecule has 1 saturated heterocycles. The van der Waals surface area contributed by atoms with E-state index in [2.05, 4.69) is 11.8 Å². The van der Waals surface area contributed by atoms with E-state index in [1.54, 1.807) is 0 Å². The first-order chi connectivity index (χ1) is 12.1. The molecule has 1 fully saturated rings. The molecule has 1 aliphatic rings. The van der Waals surface area contributed by atoms with Crippen LogP contribution in [0.4, 0.5) is 13.2 Å². The number of alkyl halides is 3. The molecule has 1 aromatic rings. The molecule has 0 aromatic carbocycles. The number of nitrogens with zero attached hydrogens (tertiary/aromatic N) is 1. The van der Waals surface area contributed by atoms with Crippen LogP contribution >= 0.6 is 0 Å². The molecule has 2 heterocycles. The van der Waals surface area contributed by atoms with Crippen LogP contribution in [0, 0.1) is 11.8 Å². The summed E-state index contributed by atoms with van der Waals surface area (Å²) in [4.78, 5) is 36.2. The number of halogens is 3. The topological polar surface area (TPSA) is 134 Å². The average Bonchev–Trinajstić information content (AvgIpc) is 2.92. The maximum atomic E-state index is 12.0. The average molecular weight is 377 g/mol. The monoisotopic (exact) mass is 377 g/mol. The SMILES string of the molecule is O=C(NCC#Cc1cn([C@H]2CC(O)[C@@H](CO)O2)c(=O)[nH]c1=O)C(F)(F)F. The van der Waals surface area contributed by atoms with Gasteiger partial charge in [0, 0.05) is 12.6 Å². The van der Waals surface area contributed by atoms with Crippen molar-refractivity contribution in [2.24, 2.45) is 0 Å². The molecule has 1 aromatic heterocycles. The zero-order valence-corrected chi connectivity index (χ0v) is 13.0. The van der Waals surface area contributed by atoms with Gasteiger partial charge < -0.3 is 20.3 Å². The predicted octanol–water partition coefficient (Wildman–Crippen LogP) is -1.79. The van der Waals surface area contributed by atoms with Gasteiger partial charge in [-0.25, -0.2) is 4.79 Å². The number of hydrogen-bond donors (Lipinski definition) is 4. The molecule has 0 bridgehead atoms. The Morgan fingerprint density at radius 1 is 1.46 bits per heavy atom. The number of nitrogens with one attached hydrogen (secondary N) is 2. The highest BCUT2D eigenvalue weighted by atomic mass is 19.4. The van der Waals surface area contributed by atoms with E-state index in [1.165, 1.54) is 5.32 Å². The minimum atomic E-state index is -5.05. The Hall–Kier alpha value is -2.62. The number of aromatic nitrogens is 2. The molecular weight excluding hydrogens is 363 g/mol. The van der Waals surface area contributed by atoms with Crippen LogP contribution in [0.25, 0.3) is 0 Å². The van der Waals surface area contributed by atoms with Crippen LogP contribution < -0.4 is 16.6 Å². The highest BCUT2D eigenvalue weighted by Crippen LogP contribution is 2.27. The smallest absolute Gasteiger partial charge is 0.394 e. The molecule has 1 amide bonds. The molecular formula is C14H14F3N3O6. The number of amides is 1. The van der Waals surface area contributed by atoms with E-state index in [0.29, 0.717) is 0 Å². The van der Waals surface area contributed by atoms with Gasteiger partial charge in [-0.15, -0.1) is 0 Å². The van der Waals surface area contributed by atoms with Gasteiger partial charge in [-0.1, -0.05) is 11.8 Å². The number of carbonyl (C=O) groups excluding carboxylic acids is 1. The van der Waals surface area contributed by atoms with Crippen molar-refractivity contribution in [3.63, 3.8) is 0 Å². The van der Waals surface area contributed by atoms with E-state index in [-0.39, 0.29) is 12.0 Å². The number of carbonyl (C=O) groups is 1. The summed E-state index contributed by atoms with van der Waals surface area (Å²) >= 11 is 0. The van der Waals surface area contributed by atoms with Gasteiger partial charge in [-0.3, -0.25) is 19.1 Å². The van der Waals surface area contributed by atoms with Crippen molar-refractivity contribution in [2.75, 3.05) is 13.2 Å². The quantitative estimate of drug-likeness (QED) is 0.460. The number of H-pyrrole nitrogens is 1. The highest BCUT2D eigenvalue weighted by Gasteiger charge is 2.38. The normalized spacial score (nSPS) is 22.6. The molecule has 4 N–H and O–H groups in total. The lowest BCUT2D eigenvalue weighted by atomic mass is 10.2. The van der Waals surface area contributed by atoms with Crippen molar-refractivity contribution in [2.45, 2.75) is 31.0 Å². The largest absolute Gasteiger partial charge is 0.471 e. The number of hydrogen-bond acceptors (Lipinski definition) is 6. The number of ether oxygens (including phenoxy) is 1. The fraction of sp³-hybridized carbons (Fsp3) is 0.500. The van der Waals surface area contributed by atoms with Crippen LogP contribution in [0.3, 0.4) is 0 Å². The highest BCUT2D eigenvalue weighted by molar-refractivity contribution is 5.81. The fourth-order valence-corrected chi connectivity index (χ4v) is 2.20. The summed E-state index contributed by atoms with van der Waals surface area (Å²) in [7, 11) is 0. The number of aliphatic hydroxyl groups excluding tert-OH is 2. The van der Waals surface area contributed by atoms with Crippen LogP contribution in [0.1, 0.15) is 18.2 Å². The maximum Gasteiger partial charge on any atom is 0.471 e. The van der Waals surface area contributed by atoms with Gasteiger partial charge in [0.1, 0.15) is 17.9 Å². The molecule has 12 heteroatoms. The van der Waals surface area contributed by atoms with E-state index in [4.69, 9.17) is 9.84 Å². The zero-order chi connectivity index (χ0) is 19.5. The van der Waals surface area contributed by atoms with Gasteiger partial charge in [0.25, 0.3) is 5.56 Å². The van der Waals surface area contributed by atoms with E-state index < -0.39 is 54.9 Å².